The quantitative estimate of drug-likeness (QED) is 0.271. The smallest absolute Gasteiger partial charge is 0.138 e. The van der Waals surface area contributed by atoms with Gasteiger partial charge in [-0.15, -0.1) is 0 Å². The van der Waals surface area contributed by atoms with E-state index in [1.165, 1.54) is 5.56 Å². The topological polar surface area (TPSA) is 121 Å². The first-order valence-electron chi connectivity index (χ1n) is 13.3. The number of benzene rings is 3. The molecule has 198 valence electrons. The first kappa shape index (κ1) is 23.8. The van der Waals surface area contributed by atoms with Crippen molar-refractivity contribution in [1.29, 1.82) is 0 Å². The molecule has 0 bridgehead atoms. The van der Waals surface area contributed by atoms with E-state index in [9.17, 15) is 0 Å². The Balaban J connectivity index is 1.44. The number of rotatable bonds is 12. The van der Waals surface area contributed by atoms with Crippen molar-refractivity contribution in [3.63, 3.8) is 0 Å². The molecule has 8 heteroatoms. The van der Waals surface area contributed by atoms with Crippen LogP contribution in [0, 0.1) is 0 Å². The van der Waals surface area contributed by atoms with E-state index < -0.39 is 0 Å². The molecule has 0 aliphatic carbocycles. The molecule has 4 N–H and O–H groups in total. The van der Waals surface area contributed by atoms with Crippen molar-refractivity contribution in [3.05, 3.63) is 70.8 Å². The van der Waals surface area contributed by atoms with Gasteiger partial charge in [-0.1, -0.05) is 12.1 Å². The monoisotopic (exact) mass is 516 g/mol. The van der Waals surface area contributed by atoms with Crippen molar-refractivity contribution in [1.82, 2.24) is 0 Å². The van der Waals surface area contributed by atoms with Crippen molar-refractivity contribution in [3.8, 4) is 23.0 Å². The van der Waals surface area contributed by atoms with E-state index in [0.29, 0.717) is 29.3 Å². The van der Waals surface area contributed by atoms with Crippen molar-refractivity contribution in [2.45, 2.75) is 50.1 Å². The van der Waals surface area contributed by atoms with Crippen LogP contribution in [-0.2, 0) is 44.6 Å². The van der Waals surface area contributed by atoms with Gasteiger partial charge in [0.05, 0.1) is 50.8 Å². The van der Waals surface area contributed by atoms with E-state index in [1.807, 2.05) is 48.5 Å². The minimum absolute atomic E-state index is 0.119. The third kappa shape index (κ3) is 5.59. The molecule has 0 spiro atoms. The fraction of sp³-hybridized carbons (Fsp3) is 0.400. The van der Waals surface area contributed by atoms with Gasteiger partial charge in [-0.25, -0.2) is 0 Å². The summed E-state index contributed by atoms with van der Waals surface area (Å²) in [5, 5.41) is 0. The van der Waals surface area contributed by atoms with Gasteiger partial charge >= 0.3 is 0 Å². The Morgan fingerprint density at radius 3 is 1.29 bits per heavy atom. The van der Waals surface area contributed by atoms with Gasteiger partial charge in [0, 0.05) is 65.9 Å². The lowest BCUT2D eigenvalue weighted by Crippen LogP contribution is -2.15. The fourth-order valence-corrected chi connectivity index (χ4v) is 5.08. The number of anilines is 2. The van der Waals surface area contributed by atoms with Gasteiger partial charge in [-0.05, 0) is 29.8 Å². The third-order valence-corrected chi connectivity index (χ3v) is 7.32. The summed E-state index contributed by atoms with van der Waals surface area (Å²) in [7, 11) is 0. The molecule has 0 amide bonds. The zero-order valence-electron chi connectivity index (χ0n) is 21.2. The van der Waals surface area contributed by atoms with Crippen LogP contribution in [-0.4, -0.2) is 50.8 Å². The van der Waals surface area contributed by atoms with E-state index >= 15 is 0 Å². The fourth-order valence-electron chi connectivity index (χ4n) is 5.08. The zero-order chi connectivity index (χ0) is 25.6. The maximum Gasteiger partial charge on any atom is 0.138 e. The molecule has 4 aliphatic rings. The predicted molar refractivity (Wildman–Crippen MR) is 142 cm³/mol. The van der Waals surface area contributed by atoms with Crippen LogP contribution in [0.1, 0.15) is 22.3 Å². The minimum Gasteiger partial charge on any atom is -0.457 e. The van der Waals surface area contributed by atoms with Gasteiger partial charge in [0.15, 0.2) is 0 Å². The first-order chi connectivity index (χ1) is 18.6. The van der Waals surface area contributed by atoms with Gasteiger partial charge in [0.2, 0.25) is 0 Å². The average molecular weight is 517 g/mol. The largest absolute Gasteiger partial charge is 0.457 e. The number of ether oxygens (including phenoxy) is 6. The zero-order valence-corrected chi connectivity index (χ0v) is 21.2. The summed E-state index contributed by atoms with van der Waals surface area (Å²) < 4.78 is 36.3. The Bertz CT molecular complexity index is 1260. The highest BCUT2D eigenvalue weighted by molar-refractivity contribution is 5.63. The lowest BCUT2D eigenvalue weighted by atomic mass is 9.86. The van der Waals surface area contributed by atoms with Crippen LogP contribution < -0.4 is 20.9 Å². The second-order valence-corrected chi connectivity index (χ2v) is 10.6. The Labute approximate surface area is 221 Å². The van der Waals surface area contributed by atoms with Crippen LogP contribution in [0.15, 0.2) is 48.5 Å². The molecule has 4 heterocycles. The SMILES string of the molecule is Nc1cccc(Oc2c(CC3CO3)c(CC3CO3)c(CC3CO3)c(Oc3cccc(N)c3)c2CC2CO2)c1. The molecule has 4 atom stereocenters. The Morgan fingerprint density at radius 2 is 0.921 bits per heavy atom. The van der Waals surface area contributed by atoms with E-state index in [0.717, 1.165) is 73.9 Å². The molecule has 8 nitrogen and oxygen atoms in total. The van der Waals surface area contributed by atoms with Crippen LogP contribution in [0.5, 0.6) is 23.0 Å². The average Bonchev–Trinajstić information content (AvgIpc) is 3.73. The van der Waals surface area contributed by atoms with Gasteiger partial charge in [-0.2, -0.15) is 0 Å². The number of epoxide rings is 4. The molecular formula is C30H32N2O6. The Kier molecular flexibility index (Phi) is 6.12. The molecule has 4 aliphatic heterocycles. The highest BCUT2D eigenvalue weighted by atomic mass is 16.6. The lowest BCUT2D eigenvalue weighted by Gasteiger charge is -2.26. The van der Waals surface area contributed by atoms with E-state index in [4.69, 9.17) is 39.9 Å². The standard InChI is InChI=1S/C30H32N2O6/c31-17-3-1-5-19(7-17)37-29-26(10-22-14-34-22)25(9-21-13-33-21)27(11-23-15-35-23)30(28(29)12-24-16-36-24)38-20-6-2-4-18(32)8-20/h1-8,21-24H,9-16,31-32H2. The summed E-state index contributed by atoms with van der Waals surface area (Å²) in [6, 6.07) is 15.1. The van der Waals surface area contributed by atoms with Crippen LogP contribution >= 0.6 is 0 Å². The first-order valence-corrected chi connectivity index (χ1v) is 13.3. The Hall–Kier alpha value is -3.30. The van der Waals surface area contributed by atoms with Crippen LogP contribution in [0.25, 0.3) is 0 Å². The van der Waals surface area contributed by atoms with Gasteiger partial charge in [0.25, 0.3) is 0 Å². The minimum atomic E-state index is 0.119. The number of nitrogen functional groups attached to an aromatic ring is 2. The molecule has 3 aromatic carbocycles. The van der Waals surface area contributed by atoms with Crippen molar-refractivity contribution >= 4 is 11.4 Å². The molecular weight excluding hydrogens is 484 g/mol. The molecule has 4 unspecified atom stereocenters. The third-order valence-electron chi connectivity index (χ3n) is 7.32. The molecule has 7 rings (SSSR count). The summed E-state index contributed by atoms with van der Waals surface area (Å²) in [6.45, 7) is 2.98. The Morgan fingerprint density at radius 1 is 0.553 bits per heavy atom. The summed E-state index contributed by atoms with van der Waals surface area (Å²) in [6.07, 6.45) is 3.63. The lowest BCUT2D eigenvalue weighted by molar-refractivity contribution is 0.380. The van der Waals surface area contributed by atoms with E-state index in [1.54, 1.807) is 0 Å². The van der Waals surface area contributed by atoms with Crippen molar-refractivity contribution in [2.75, 3.05) is 37.9 Å². The molecule has 0 aromatic heterocycles. The van der Waals surface area contributed by atoms with E-state index in [-0.39, 0.29) is 24.4 Å². The predicted octanol–water partition coefficient (Wildman–Crippen LogP) is 4.20. The summed E-state index contributed by atoms with van der Waals surface area (Å²) in [5.74, 6) is 2.97. The number of hydrogen-bond acceptors (Lipinski definition) is 8. The maximum atomic E-state index is 6.73. The summed E-state index contributed by atoms with van der Waals surface area (Å²) in [5.41, 5.74) is 18.0. The highest BCUT2D eigenvalue weighted by Gasteiger charge is 2.38. The van der Waals surface area contributed by atoms with Crippen LogP contribution in [0.4, 0.5) is 11.4 Å². The van der Waals surface area contributed by atoms with Crippen LogP contribution in [0.2, 0.25) is 0 Å². The molecule has 3 aromatic rings. The molecule has 4 fully saturated rings. The van der Waals surface area contributed by atoms with Gasteiger partial charge in [0.1, 0.15) is 23.0 Å². The molecule has 4 saturated heterocycles. The second-order valence-electron chi connectivity index (χ2n) is 10.6. The van der Waals surface area contributed by atoms with E-state index in [2.05, 4.69) is 0 Å². The van der Waals surface area contributed by atoms with Crippen molar-refractivity contribution < 1.29 is 28.4 Å². The molecule has 38 heavy (non-hydrogen) atoms. The number of nitrogens with two attached hydrogens (primary N) is 2. The number of hydrogen-bond donors (Lipinski definition) is 2. The normalized spacial score (nSPS) is 24.6. The van der Waals surface area contributed by atoms with Crippen molar-refractivity contribution in [2.24, 2.45) is 0 Å². The maximum absolute atomic E-state index is 6.73. The van der Waals surface area contributed by atoms with Crippen LogP contribution in [0.3, 0.4) is 0 Å². The van der Waals surface area contributed by atoms with Gasteiger partial charge < -0.3 is 39.9 Å². The highest BCUT2D eigenvalue weighted by Crippen LogP contribution is 2.48. The second kappa shape index (κ2) is 9.78. The molecule has 0 radical (unpaired) electrons. The summed E-state index contributed by atoms with van der Waals surface area (Å²) >= 11 is 0. The van der Waals surface area contributed by atoms with Gasteiger partial charge in [-0.3, -0.25) is 0 Å². The summed E-state index contributed by atoms with van der Waals surface area (Å²) in [4.78, 5) is 0. The molecule has 0 saturated carbocycles.